The Hall–Kier alpha value is -0.380. The molecule has 0 spiro atoms. The number of rotatable bonds is 7. The average molecular weight is 228 g/mol. The highest BCUT2D eigenvalue weighted by molar-refractivity contribution is 4.76. The maximum Gasteiger partial charge on any atom is 0.146 e. The predicted molar refractivity (Wildman–Crippen MR) is 64.4 cm³/mol. The summed E-state index contributed by atoms with van der Waals surface area (Å²) in [5.41, 5.74) is 0.0432. The summed E-state index contributed by atoms with van der Waals surface area (Å²) < 4.78 is 16.2. The minimum absolute atomic E-state index is 0.0432. The maximum absolute atomic E-state index is 5.67. The molecular weight excluding hydrogens is 204 g/mol. The second-order valence-electron chi connectivity index (χ2n) is 4.74. The van der Waals surface area contributed by atoms with Gasteiger partial charge in [-0.15, -0.1) is 0 Å². The van der Waals surface area contributed by atoms with Crippen LogP contribution in [0.15, 0.2) is 12.2 Å². The molecule has 16 heavy (non-hydrogen) atoms. The van der Waals surface area contributed by atoms with Crippen molar-refractivity contribution in [2.24, 2.45) is 5.41 Å². The van der Waals surface area contributed by atoms with Gasteiger partial charge < -0.3 is 14.2 Å². The van der Waals surface area contributed by atoms with E-state index in [4.69, 9.17) is 14.2 Å². The SMILES string of the molecule is C/C=C\CCCCOCC1(C)COCOC1. The summed E-state index contributed by atoms with van der Waals surface area (Å²) in [6.07, 6.45) is 7.78. The zero-order valence-electron chi connectivity index (χ0n) is 10.5. The molecule has 0 radical (unpaired) electrons. The molecule has 0 amide bonds. The number of unbranched alkanes of at least 4 members (excludes halogenated alkanes) is 2. The third-order valence-corrected chi connectivity index (χ3v) is 2.66. The topological polar surface area (TPSA) is 27.7 Å². The number of allylic oxidation sites excluding steroid dienone is 2. The first-order valence-corrected chi connectivity index (χ1v) is 6.11. The van der Waals surface area contributed by atoms with Gasteiger partial charge in [-0.1, -0.05) is 19.1 Å². The quantitative estimate of drug-likeness (QED) is 0.495. The van der Waals surface area contributed by atoms with Crippen molar-refractivity contribution < 1.29 is 14.2 Å². The molecular formula is C13H24O3. The molecule has 3 nitrogen and oxygen atoms in total. The smallest absolute Gasteiger partial charge is 0.146 e. The van der Waals surface area contributed by atoms with Crippen molar-refractivity contribution in [2.75, 3.05) is 33.2 Å². The van der Waals surface area contributed by atoms with Crippen molar-refractivity contribution in [1.82, 2.24) is 0 Å². The first-order chi connectivity index (χ1) is 7.77. The van der Waals surface area contributed by atoms with E-state index in [0.717, 1.165) is 39.3 Å². The molecule has 0 N–H and O–H groups in total. The van der Waals surface area contributed by atoms with E-state index in [1.807, 2.05) is 0 Å². The lowest BCUT2D eigenvalue weighted by Gasteiger charge is -2.32. The second kappa shape index (κ2) is 7.82. The lowest BCUT2D eigenvalue weighted by Crippen LogP contribution is -2.38. The fraction of sp³-hybridized carbons (Fsp3) is 0.846. The Labute approximate surface area is 98.8 Å². The van der Waals surface area contributed by atoms with Crippen LogP contribution >= 0.6 is 0 Å². The van der Waals surface area contributed by atoms with Crippen molar-refractivity contribution in [3.63, 3.8) is 0 Å². The van der Waals surface area contributed by atoms with Gasteiger partial charge in [-0.05, 0) is 26.2 Å². The zero-order chi connectivity index (χ0) is 11.7. The Morgan fingerprint density at radius 2 is 2.00 bits per heavy atom. The van der Waals surface area contributed by atoms with Crippen LogP contribution in [-0.2, 0) is 14.2 Å². The molecule has 0 atom stereocenters. The Morgan fingerprint density at radius 1 is 1.25 bits per heavy atom. The molecule has 1 rings (SSSR count). The fourth-order valence-corrected chi connectivity index (χ4v) is 1.71. The monoisotopic (exact) mass is 228 g/mol. The van der Waals surface area contributed by atoms with E-state index in [2.05, 4.69) is 26.0 Å². The lowest BCUT2D eigenvalue weighted by molar-refractivity contribution is -0.175. The maximum atomic E-state index is 5.67. The predicted octanol–water partition coefficient (Wildman–Crippen LogP) is 2.76. The van der Waals surface area contributed by atoms with Crippen LogP contribution in [0.5, 0.6) is 0 Å². The normalized spacial score (nSPS) is 20.4. The highest BCUT2D eigenvalue weighted by atomic mass is 16.7. The molecule has 1 aliphatic rings. The highest BCUT2D eigenvalue weighted by Gasteiger charge is 2.28. The van der Waals surface area contributed by atoms with Crippen molar-refractivity contribution >= 4 is 0 Å². The van der Waals surface area contributed by atoms with Gasteiger partial charge in [-0.2, -0.15) is 0 Å². The Bertz CT molecular complexity index is 195. The summed E-state index contributed by atoms with van der Waals surface area (Å²) in [6.45, 7) is 7.69. The minimum atomic E-state index is 0.0432. The van der Waals surface area contributed by atoms with Crippen molar-refractivity contribution in [3.05, 3.63) is 12.2 Å². The summed E-state index contributed by atoms with van der Waals surface area (Å²) in [6, 6.07) is 0. The van der Waals surface area contributed by atoms with Crippen LogP contribution in [0.25, 0.3) is 0 Å². The third kappa shape index (κ3) is 5.64. The van der Waals surface area contributed by atoms with E-state index >= 15 is 0 Å². The molecule has 1 heterocycles. The summed E-state index contributed by atoms with van der Waals surface area (Å²) in [4.78, 5) is 0. The highest BCUT2D eigenvalue weighted by Crippen LogP contribution is 2.21. The van der Waals surface area contributed by atoms with E-state index in [9.17, 15) is 0 Å². The first-order valence-electron chi connectivity index (χ1n) is 6.11. The van der Waals surface area contributed by atoms with Gasteiger partial charge in [-0.3, -0.25) is 0 Å². The molecule has 1 aliphatic heterocycles. The molecule has 1 saturated heterocycles. The van der Waals surface area contributed by atoms with Gasteiger partial charge in [0.2, 0.25) is 0 Å². The van der Waals surface area contributed by atoms with Crippen molar-refractivity contribution in [3.8, 4) is 0 Å². The molecule has 0 saturated carbocycles. The van der Waals surface area contributed by atoms with Gasteiger partial charge in [0.25, 0.3) is 0 Å². The van der Waals surface area contributed by atoms with Crippen molar-refractivity contribution in [2.45, 2.75) is 33.1 Å². The van der Waals surface area contributed by atoms with Crippen molar-refractivity contribution in [1.29, 1.82) is 0 Å². The third-order valence-electron chi connectivity index (χ3n) is 2.66. The minimum Gasteiger partial charge on any atom is -0.381 e. The molecule has 0 aromatic rings. The molecule has 3 heteroatoms. The van der Waals surface area contributed by atoms with E-state index < -0.39 is 0 Å². The second-order valence-corrected chi connectivity index (χ2v) is 4.74. The fourth-order valence-electron chi connectivity index (χ4n) is 1.71. The summed E-state index contributed by atoms with van der Waals surface area (Å²) in [5.74, 6) is 0. The summed E-state index contributed by atoms with van der Waals surface area (Å²) in [5, 5.41) is 0. The van der Waals surface area contributed by atoms with Gasteiger partial charge in [0.1, 0.15) is 6.79 Å². The Kier molecular flexibility index (Phi) is 6.69. The standard InChI is InChI=1S/C13H24O3/c1-3-4-5-6-7-8-14-9-13(2)10-15-12-16-11-13/h3-4H,5-12H2,1-2H3/b4-3-. The molecule has 1 fully saturated rings. The zero-order valence-corrected chi connectivity index (χ0v) is 10.5. The van der Waals surface area contributed by atoms with Crippen LogP contribution in [0, 0.1) is 5.41 Å². The molecule has 0 aromatic heterocycles. The van der Waals surface area contributed by atoms with Crippen LogP contribution in [0.2, 0.25) is 0 Å². The Morgan fingerprint density at radius 3 is 2.69 bits per heavy atom. The van der Waals surface area contributed by atoms with Gasteiger partial charge >= 0.3 is 0 Å². The Balaban J connectivity index is 1.97. The van der Waals surface area contributed by atoms with Crippen LogP contribution in [0.3, 0.4) is 0 Å². The number of ether oxygens (including phenoxy) is 3. The van der Waals surface area contributed by atoms with E-state index in [1.54, 1.807) is 0 Å². The van der Waals surface area contributed by atoms with E-state index in [1.165, 1.54) is 6.42 Å². The van der Waals surface area contributed by atoms with Crippen LogP contribution in [0.1, 0.15) is 33.1 Å². The molecule has 0 unspecified atom stereocenters. The van der Waals surface area contributed by atoms with Crippen LogP contribution in [0.4, 0.5) is 0 Å². The average Bonchev–Trinajstić information content (AvgIpc) is 2.29. The largest absolute Gasteiger partial charge is 0.381 e. The molecule has 0 aliphatic carbocycles. The van der Waals surface area contributed by atoms with Crippen LogP contribution in [-0.4, -0.2) is 33.2 Å². The first kappa shape index (κ1) is 13.7. The molecule has 0 bridgehead atoms. The molecule has 0 aromatic carbocycles. The van der Waals surface area contributed by atoms with Gasteiger partial charge in [0.15, 0.2) is 0 Å². The van der Waals surface area contributed by atoms with E-state index in [-0.39, 0.29) is 5.41 Å². The number of hydrogen-bond donors (Lipinski definition) is 0. The van der Waals surface area contributed by atoms with Crippen LogP contribution < -0.4 is 0 Å². The van der Waals surface area contributed by atoms with Gasteiger partial charge in [0.05, 0.1) is 19.8 Å². The number of hydrogen-bond acceptors (Lipinski definition) is 3. The lowest BCUT2D eigenvalue weighted by atomic mass is 9.94. The summed E-state index contributed by atoms with van der Waals surface area (Å²) in [7, 11) is 0. The molecule has 94 valence electrons. The summed E-state index contributed by atoms with van der Waals surface area (Å²) >= 11 is 0. The van der Waals surface area contributed by atoms with Gasteiger partial charge in [-0.25, -0.2) is 0 Å². The van der Waals surface area contributed by atoms with E-state index in [0.29, 0.717) is 6.79 Å². The van der Waals surface area contributed by atoms with Gasteiger partial charge in [0, 0.05) is 12.0 Å².